The third-order valence-electron chi connectivity index (χ3n) is 4.44. The monoisotopic (exact) mass is 358 g/mol. The molecule has 4 heteroatoms. The fourth-order valence-electron chi connectivity index (χ4n) is 3.43. The zero-order valence-corrected chi connectivity index (χ0v) is 15.0. The van der Waals surface area contributed by atoms with Gasteiger partial charge in [-0.1, -0.05) is 19.8 Å². The van der Waals surface area contributed by atoms with Crippen molar-refractivity contribution < 1.29 is 0 Å². The molecule has 1 aliphatic carbocycles. The molecule has 1 heterocycles. The Balaban J connectivity index is 1.83. The SMILES string of the molecule is CCCC1CCC(N)C(CN(C)Cc2cc(Br)cs2)C1. The van der Waals surface area contributed by atoms with E-state index >= 15 is 0 Å². The summed E-state index contributed by atoms with van der Waals surface area (Å²) in [6, 6.07) is 2.63. The predicted octanol–water partition coefficient (Wildman–Crippen LogP) is 4.49. The lowest BCUT2D eigenvalue weighted by atomic mass is 9.76. The van der Waals surface area contributed by atoms with Crippen LogP contribution in [0.15, 0.2) is 15.9 Å². The van der Waals surface area contributed by atoms with Gasteiger partial charge in [-0.2, -0.15) is 0 Å². The van der Waals surface area contributed by atoms with E-state index in [2.05, 4.69) is 46.2 Å². The van der Waals surface area contributed by atoms with Gasteiger partial charge in [-0.15, -0.1) is 11.3 Å². The molecule has 1 aromatic rings. The fraction of sp³-hybridized carbons (Fsp3) is 0.750. The minimum absolute atomic E-state index is 0.403. The third-order valence-corrected chi connectivity index (χ3v) is 6.12. The van der Waals surface area contributed by atoms with Crippen LogP contribution in [0.3, 0.4) is 0 Å². The zero-order valence-electron chi connectivity index (χ0n) is 12.6. The second-order valence-electron chi connectivity index (χ2n) is 6.32. The molecule has 3 atom stereocenters. The van der Waals surface area contributed by atoms with Gasteiger partial charge in [0.15, 0.2) is 0 Å². The highest BCUT2D eigenvalue weighted by Gasteiger charge is 2.28. The molecule has 2 nitrogen and oxygen atoms in total. The quantitative estimate of drug-likeness (QED) is 0.811. The summed E-state index contributed by atoms with van der Waals surface area (Å²) in [6.07, 6.45) is 6.57. The van der Waals surface area contributed by atoms with E-state index in [1.165, 1.54) is 41.5 Å². The third kappa shape index (κ3) is 4.83. The molecule has 0 bridgehead atoms. The Morgan fingerprint density at radius 1 is 1.45 bits per heavy atom. The van der Waals surface area contributed by atoms with Gasteiger partial charge >= 0.3 is 0 Å². The summed E-state index contributed by atoms with van der Waals surface area (Å²) < 4.78 is 1.20. The van der Waals surface area contributed by atoms with E-state index in [0.29, 0.717) is 12.0 Å². The van der Waals surface area contributed by atoms with Crippen LogP contribution in [0.25, 0.3) is 0 Å². The van der Waals surface area contributed by atoms with Gasteiger partial charge in [-0.3, -0.25) is 0 Å². The molecule has 1 aliphatic rings. The molecule has 114 valence electrons. The molecule has 2 rings (SSSR count). The van der Waals surface area contributed by atoms with Crippen LogP contribution < -0.4 is 5.73 Å². The Morgan fingerprint density at radius 2 is 2.25 bits per heavy atom. The molecule has 2 N–H and O–H groups in total. The number of nitrogens with two attached hydrogens (primary N) is 1. The van der Waals surface area contributed by atoms with Gasteiger partial charge in [0.1, 0.15) is 0 Å². The molecule has 0 amide bonds. The topological polar surface area (TPSA) is 29.3 Å². The zero-order chi connectivity index (χ0) is 14.5. The molecule has 1 fully saturated rings. The molecule has 0 radical (unpaired) electrons. The van der Waals surface area contributed by atoms with Crippen LogP contribution in [-0.4, -0.2) is 24.5 Å². The molecule has 1 aromatic heterocycles. The van der Waals surface area contributed by atoms with E-state index in [0.717, 1.165) is 19.0 Å². The molecule has 1 saturated carbocycles. The van der Waals surface area contributed by atoms with Crippen molar-refractivity contribution in [3.8, 4) is 0 Å². The lowest BCUT2D eigenvalue weighted by Crippen LogP contribution is -2.42. The van der Waals surface area contributed by atoms with E-state index in [9.17, 15) is 0 Å². The Kier molecular flexibility index (Phi) is 6.53. The average molecular weight is 359 g/mol. The van der Waals surface area contributed by atoms with Crippen molar-refractivity contribution in [2.24, 2.45) is 17.6 Å². The fourth-order valence-corrected chi connectivity index (χ4v) is 4.96. The largest absolute Gasteiger partial charge is 0.327 e. The number of hydrogen-bond acceptors (Lipinski definition) is 3. The average Bonchev–Trinajstić information content (AvgIpc) is 2.79. The first kappa shape index (κ1) is 16.5. The highest BCUT2D eigenvalue weighted by atomic mass is 79.9. The maximum atomic E-state index is 6.35. The first-order valence-electron chi connectivity index (χ1n) is 7.75. The van der Waals surface area contributed by atoms with Gasteiger partial charge < -0.3 is 10.6 Å². The van der Waals surface area contributed by atoms with Crippen molar-refractivity contribution in [3.63, 3.8) is 0 Å². The number of rotatable bonds is 6. The molecule has 0 aliphatic heterocycles. The lowest BCUT2D eigenvalue weighted by Gasteiger charge is -2.36. The Morgan fingerprint density at radius 3 is 2.90 bits per heavy atom. The minimum atomic E-state index is 0.403. The first-order chi connectivity index (χ1) is 9.58. The first-order valence-corrected chi connectivity index (χ1v) is 9.42. The van der Waals surface area contributed by atoms with Gasteiger partial charge in [0.25, 0.3) is 0 Å². The summed E-state index contributed by atoms with van der Waals surface area (Å²) in [7, 11) is 2.23. The summed E-state index contributed by atoms with van der Waals surface area (Å²) >= 11 is 5.36. The van der Waals surface area contributed by atoms with Gasteiger partial charge in [0.05, 0.1) is 0 Å². The lowest BCUT2D eigenvalue weighted by molar-refractivity contribution is 0.166. The second-order valence-corrected chi connectivity index (χ2v) is 8.23. The van der Waals surface area contributed by atoms with Gasteiger partial charge in [0, 0.05) is 33.9 Å². The van der Waals surface area contributed by atoms with Crippen molar-refractivity contribution in [3.05, 3.63) is 20.8 Å². The molecule has 3 unspecified atom stereocenters. The molecule has 0 saturated heterocycles. The summed E-state index contributed by atoms with van der Waals surface area (Å²) in [5.74, 6) is 1.59. The van der Waals surface area contributed by atoms with Crippen LogP contribution in [0.4, 0.5) is 0 Å². The normalized spacial score (nSPS) is 27.1. The van der Waals surface area contributed by atoms with Gasteiger partial charge in [-0.25, -0.2) is 0 Å². The van der Waals surface area contributed by atoms with Crippen molar-refractivity contribution >= 4 is 27.3 Å². The van der Waals surface area contributed by atoms with Crippen LogP contribution in [0, 0.1) is 11.8 Å². The van der Waals surface area contributed by atoms with Gasteiger partial charge in [0.2, 0.25) is 0 Å². The van der Waals surface area contributed by atoms with Crippen LogP contribution in [-0.2, 0) is 6.54 Å². The number of thiophene rings is 1. The molecular weight excluding hydrogens is 332 g/mol. The number of nitrogens with zero attached hydrogens (tertiary/aromatic N) is 1. The Labute approximate surface area is 135 Å². The van der Waals surface area contributed by atoms with E-state index in [-0.39, 0.29) is 0 Å². The number of hydrogen-bond donors (Lipinski definition) is 1. The van der Waals surface area contributed by atoms with Gasteiger partial charge in [-0.05, 0) is 60.1 Å². The van der Waals surface area contributed by atoms with Crippen molar-refractivity contribution in [2.75, 3.05) is 13.6 Å². The van der Waals surface area contributed by atoms with Crippen LogP contribution in [0.5, 0.6) is 0 Å². The van der Waals surface area contributed by atoms with E-state index in [1.54, 1.807) is 0 Å². The van der Waals surface area contributed by atoms with Crippen molar-refractivity contribution in [1.82, 2.24) is 4.90 Å². The Hall–Kier alpha value is 0.1000. The molecule has 0 aromatic carbocycles. The van der Waals surface area contributed by atoms with E-state index in [4.69, 9.17) is 5.73 Å². The summed E-state index contributed by atoms with van der Waals surface area (Å²) in [5.41, 5.74) is 6.35. The summed E-state index contributed by atoms with van der Waals surface area (Å²) in [5, 5.41) is 2.16. The van der Waals surface area contributed by atoms with Crippen molar-refractivity contribution in [1.29, 1.82) is 0 Å². The Bertz CT molecular complexity index is 407. The maximum absolute atomic E-state index is 6.35. The van der Waals surface area contributed by atoms with Crippen LogP contribution in [0.1, 0.15) is 43.9 Å². The standard InChI is InChI=1S/C16H27BrN2S/c1-3-4-12-5-6-16(18)13(7-12)9-19(2)10-15-8-14(17)11-20-15/h8,11-13,16H,3-7,9-10,18H2,1-2H3. The minimum Gasteiger partial charge on any atom is -0.327 e. The van der Waals surface area contributed by atoms with Crippen LogP contribution >= 0.6 is 27.3 Å². The smallest absolute Gasteiger partial charge is 0.0325 e. The predicted molar refractivity (Wildman–Crippen MR) is 92.1 cm³/mol. The summed E-state index contributed by atoms with van der Waals surface area (Å²) in [6.45, 7) is 4.47. The molecule has 0 spiro atoms. The van der Waals surface area contributed by atoms with Crippen molar-refractivity contribution in [2.45, 2.75) is 51.6 Å². The molecular formula is C16H27BrN2S. The second kappa shape index (κ2) is 7.92. The number of halogens is 1. The highest BCUT2D eigenvalue weighted by molar-refractivity contribution is 9.10. The highest BCUT2D eigenvalue weighted by Crippen LogP contribution is 2.32. The van der Waals surface area contributed by atoms with Crippen LogP contribution in [0.2, 0.25) is 0 Å². The molecule has 20 heavy (non-hydrogen) atoms. The maximum Gasteiger partial charge on any atom is 0.0325 e. The van der Waals surface area contributed by atoms with E-state index < -0.39 is 0 Å². The summed E-state index contributed by atoms with van der Waals surface area (Å²) in [4.78, 5) is 3.87. The van der Waals surface area contributed by atoms with E-state index in [1.807, 2.05) is 11.3 Å².